The molecule has 0 saturated heterocycles. The van der Waals surface area contributed by atoms with Gasteiger partial charge in [0, 0.05) is 0 Å². The molecule has 0 nitrogen and oxygen atoms in total. The summed E-state index contributed by atoms with van der Waals surface area (Å²) in [6.45, 7) is 0. The first-order chi connectivity index (χ1) is 22.8. The fourth-order valence-electron chi connectivity index (χ4n) is 5.95. The number of hydrogen-bond donors (Lipinski definition) is 0. The van der Waals surface area contributed by atoms with Gasteiger partial charge in [-0.15, -0.1) is 0 Å². The summed E-state index contributed by atoms with van der Waals surface area (Å²) in [5, 5.41) is 9.10. The van der Waals surface area contributed by atoms with Crippen LogP contribution >= 0.6 is 31.7 Å². The van der Waals surface area contributed by atoms with Crippen molar-refractivity contribution in [3.8, 4) is 0 Å². The summed E-state index contributed by atoms with van der Waals surface area (Å²) >= 11 is 0. The van der Waals surface area contributed by atoms with Crippen molar-refractivity contribution < 1.29 is 0 Å². The highest BCUT2D eigenvalue weighted by Gasteiger charge is 2.22. The van der Waals surface area contributed by atoms with Crippen molar-refractivity contribution in [2.45, 2.75) is 0 Å². The third-order valence-corrected chi connectivity index (χ3v) is 19.5. The maximum atomic E-state index is 2.40. The molecule has 230 valence electrons. The van der Waals surface area contributed by atoms with Gasteiger partial charge in [-0.3, -0.25) is 0 Å². The minimum absolute atomic E-state index is 0.268. The average molecular weight is 671 g/mol. The molecule has 46 heavy (non-hydrogen) atoms. The van der Waals surface area contributed by atoms with Crippen LogP contribution in [0.2, 0.25) is 0 Å². The molecule has 0 unspecified atom stereocenters. The lowest BCUT2D eigenvalue weighted by atomic mass is 10.4. The molecule has 6 aromatic rings. The summed E-state index contributed by atoms with van der Waals surface area (Å²) in [6, 6.07) is 67.9. The smallest absolute Gasteiger partial charge is 0.0195 e. The van der Waals surface area contributed by atoms with E-state index in [-0.39, 0.29) is 31.7 Å². The minimum atomic E-state index is -0.386. The van der Waals surface area contributed by atoms with E-state index in [4.69, 9.17) is 0 Å². The Kier molecular flexibility index (Phi) is 12.8. The Balaban J connectivity index is 1.22. The zero-order valence-electron chi connectivity index (χ0n) is 26.4. The molecule has 0 aromatic heterocycles. The van der Waals surface area contributed by atoms with Gasteiger partial charge >= 0.3 is 0 Å². The SMILES string of the molecule is c1ccc(P(CC[P@](CC[P@@](CCP(c2ccccc2)c2ccccc2)c2ccccc2)c2ccccc2)c2ccccc2)cc1. The van der Waals surface area contributed by atoms with Crippen LogP contribution in [0.15, 0.2) is 182 Å². The Morgan fingerprint density at radius 3 is 0.652 bits per heavy atom. The highest BCUT2D eigenvalue weighted by atomic mass is 31.1. The summed E-state index contributed by atoms with van der Waals surface area (Å²) in [5.74, 6) is 0. The van der Waals surface area contributed by atoms with Gasteiger partial charge < -0.3 is 0 Å². The van der Waals surface area contributed by atoms with Gasteiger partial charge in [0.05, 0.1) is 0 Å². The zero-order chi connectivity index (χ0) is 31.2. The van der Waals surface area contributed by atoms with Crippen LogP contribution in [0.5, 0.6) is 0 Å². The third kappa shape index (κ3) is 9.32. The van der Waals surface area contributed by atoms with E-state index in [1.165, 1.54) is 58.2 Å². The van der Waals surface area contributed by atoms with Crippen molar-refractivity contribution in [2.24, 2.45) is 0 Å². The fraction of sp³-hybridized carbons (Fsp3) is 0.143. The summed E-state index contributed by atoms with van der Waals surface area (Å²) < 4.78 is 0. The predicted octanol–water partition coefficient (Wildman–Crippen LogP) is 8.87. The van der Waals surface area contributed by atoms with Crippen molar-refractivity contribution in [3.63, 3.8) is 0 Å². The van der Waals surface area contributed by atoms with Gasteiger partial charge in [0.25, 0.3) is 0 Å². The van der Waals surface area contributed by atoms with Crippen LogP contribution in [0.4, 0.5) is 0 Å². The summed E-state index contributed by atoms with van der Waals surface area (Å²) in [6.07, 6.45) is 7.60. The fourth-order valence-corrected chi connectivity index (χ4v) is 17.8. The molecule has 6 rings (SSSR count). The second-order valence-corrected chi connectivity index (χ2v) is 20.9. The lowest BCUT2D eigenvalue weighted by Gasteiger charge is -2.27. The number of rotatable bonds is 15. The van der Waals surface area contributed by atoms with Gasteiger partial charge in [-0.05, 0) is 84.6 Å². The topological polar surface area (TPSA) is 0 Å². The van der Waals surface area contributed by atoms with Crippen molar-refractivity contribution in [2.75, 3.05) is 37.0 Å². The second-order valence-electron chi connectivity index (χ2n) is 11.3. The Hall–Kier alpha value is -2.96. The van der Waals surface area contributed by atoms with Gasteiger partial charge in [-0.1, -0.05) is 198 Å². The average Bonchev–Trinajstić information content (AvgIpc) is 3.14. The van der Waals surface area contributed by atoms with Gasteiger partial charge in [0.15, 0.2) is 0 Å². The first-order valence-corrected chi connectivity index (χ1v) is 22.7. The van der Waals surface area contributed by atoms with Gasteiger partial charge in [0.2, 0.25) is 0 Å². The van der Waals surface area contributed by atoms with E-state index in [1.54, 1.807) is 10.6 Å². The van der Waals surface area contributed by atoms with Gasteiger partial charge in [-0.2, -0.15) is 0 Å². The molecule has 0 saturated carbocycles. The zero-order valence-corrected chi connectivity index (χ0v) is 29.9. The molecule has 0 amide bonds. The molecular formula is C42H42P4. The molecule has 0 N–H and O–H groups in total. The van der Waals surface area contributed by atoms with Crippen LogP contribution < -0.4 is 31.8 Å². The van der Waals surface area contributed by atoms with E-state index in [1.807, 2.05) is 0 Å². The van der Waals surface area contributed by atoms with Crippen molar-refractivity contribution >= 4 is 63.5 Å². The monoisotopic (exact) mass is 670 g/mol. The molecule has 0 fully saturated rings. The number of hydrogen-bond acceptors (Lipinski definition) is 0. The summed E-state index contributed by atoms with van der Waals surface area (Å²) in [7, 11) is -1.31. The van der Waals surface area contributed by atoms with E-state index in [0.717, 1.165) is 0 Å². The van der Waals surface area contributed by atoms with E-state index in [9.17, 15) is 0 Å². The van der Waals surface area contributed by atoms with Crippen molar-refractivity contribution in [1.29, 1.82) is 0 Å². The molecule has 0 spiro atoms. The van der Waals surface area contributed by atoms with Crippen LogP contribution in [-0.2, 0) is 0 Å². The molecule has 0 radical (unpaired) electrons. The van der Waals surface area contributed by atoms with Crippen molar-refractivity contribution in [3.05, 3.63) is 182 Å². The molecular weight excluding hydrogens is 628 g/mol. The molecule has 2 atom stereocenters. The lowest BCUT2D eigenvalue weighted by molar-refractivity contribution is 1.40. The molecule has 6 aromatic carbocycles. The minimum Gasteiger partial charge on any atom is -0.0746 e. The lowest BCUT2D eigenvalue weighted by Crippen LogP contribution is -2.19. The van der Waals surface area contributed by atoms with Crippen LogP contribution in [-0.4, -0.2) is 37.0 Å². The molecule has 0 aliphatic rings. The molecule has 0 bridgehead atoms. The standard InChI is InChI=1S/C42H42P4/c1-7-19-37(20-8-1)43(33-35-45(39-23-11-3-12-24-39)40-25-13-4-14-26-40)31-32-44(38-21-9-2-10-22-38)34-36-46(41-27-15-5-16-28-41)42-29-17-6-18-30-42/h1-30H,31-36H2/t43-,44-/m0/s1. The first kappa shape index (κ1) is 33.0. The maximum absolute atomic E-state index is 2.40. The molecule has 0 heterocycles. The number of benzene rings is 6. The van der Waals surface area contributed by atoms with Crippen LogP contribution in [0.1, 0.15) is 0 Å². The maximum Gasteiger partial charge on any atom is -0.0195 e. The van der Waals surface area contributed by atoms with E-state index >= 15 is 0 Å². The summed E-state index contributed by atoms with van der Waals surface area (Å²) in [4.78, 5) is 0. The Morgan fingerprint density at radius 1 is 0.217 bits per heavy atom. The largest absolute Gasteiger partial charge is 0.0746 e. The molecule has 0 aliphatic carbocycles. The van der Waals surface area contributed by atoms with E-state index in [2.05, 4.69) is 182 Å². The highest BCUT2D eigenvalue weighted by molar-refractivity contribution is 7.75. The normalized spacial score (nSPS) is 12.7. The van der Waals surface area contributed by atoms with Crippen molar-refractivity contribution in [1.82, 2.24) is 0 Å². The van der Waals surface area contributed by atoms with Gasteiger partial charge in [0.1, 0.15) is 0 Å². The predicted molar refractivity (Wildman–Crippen MR) is 213 cm³/mol. The highest BCUT2D eigenvalue weighted by Crippen LogP contribution is 2.47. The quantitative estimate of drug-likeness (QED) is 0.0959. The first-order valence-electron chi connectivity index (χ1n) is 16.2. The Morgan fingerprint density at radius 2 is 0.413 bits per heavy atom. The van der Waals surface area contributed by atoms with Crippen LogP contribution in [0, 0.1) is 0 Å². The Bertz CT molecular complexity index is 1470. The van der Waals surface area contributed by atoms with E-state index in [0.29, 0.717) is 0 Å². The van der Waals surface area contributed by atoms with Crippen LogP contribution in [0.25, 0.3) is 0 Å². The Labute approximate surface area is 281 Å². The second kappa shape index (κ2) is 17.8. The van der Waals surface area contributed by atoms with Gasteiger partial charge in [-0.25, -0.2) is 0 Å². The van der Waals surface area contributed by atoms with Crippen LogP contribution in [0.3, 0.4) is 0 Å². The van der Waals surface area contributed by atoms with E-state index < -0.39 is 0 Å². The summed E-state index contributed by atoms with van der Waals surface area (Å²) in [5.41, 5.74) is 0. The molecule has 0 aliphatic heterocycles. The third-order valence-electron chi connectivity index (χ3n) is 8.34. The molecule has 4 heteroatoms.